The molecule has 0 aromatic carbocycles. The highest BCUT2D eigenvalue weighted by molar-refractivity contribution is 9.12. The van der Waals surface area contributed by atoms with Crippen molar-refractivity contribution in [2.24, 2.45) is 0 Å². The lowest BCUT2D eigenvalue weighted by molar-refractivity contribution is 1.33. The van der Waals surface area contributed by atoms with Crippen LogP contribution in [0.2, 0.25) is 0 Å². The van der Waals surface area contributed by atoms with Crippen LogP contribution < -0.4 is 0 Å². The van der Waals surface area contributed by atoms with Gasteiger partial charge in [0.2, 0.25) is 0 Å². The minimum atomic E-state index is 0.899. The molecule has 0 radical (unpaired) electrons. The Morgan fingerprint density at radius 1 is 0.909 bits per heavy atom. The fraction of sp³-hybridized carbons (Fsp3) is 0.333. The zero-order chi connectivity index (χ0) is 8.43. The summed E-state index contributed by atoms with van der Waals surface area (Å²) in [7, 11) is 0. The lowest BCUT2D eigenvalue weighted by atomic mass is 10.2. The van der Waals surface area contributed by atoms with Crippen LogP contribution in [0.3, 0.4) is 0 Å². The van der Waals surface area contributed by atoms with Crippen molar-refractivity contribution in [1.82, 2.24) is 0 Å². The van der Waals surface area contributed by atoms with Crippen molar-refractivity contribution in [2.45, 2.75) is 10.7 Å². The van der Waals surface area contributed by atoms with Gasteiger partial charge in [-0.2, -0.15) is 0 Å². The molecule has 0 saturated carbocycles. The van der Waals surface area contributed by atoms with Crippen LogP contribution in [0.1, 0.15) is 11.1 Å². The van der Waals surface area contributed by atoms with E-state index in [0.717, 1.165) is 10.7 Å². The Morgan fingerprint density at radius 2 is 1.27 bits per heavy atom. The van der Waals surface area contributed by atoms with Crippen molar-refractivity contribution in [1.29, 1.82) is 0 Å². The van der Waals surface area contributed by atoms with Gasteiger partial charge in [0, 0.05) is 10.7 Å². The first-order valence-electron chi connectivity index (χ1n) is 2.78. The van der Waals surface area contributed by atoms with E-state index in [1.165, 1.54) is 18.7 Å². The van der Waals surface area contributed by atoms with Gasteiger partial charge < -0.3 is 0 Å². The van der Waals surface area contributed by atoms with Crippen LogP contribution >= 0.6 is 75.1 Å². The molecule has 0 spiro atoms. The van der Waals surface area contributed by atoms with Crippen molar-refractivity contribution in [2.75, 3.05) is 0 Å². The van der Waals surface area contributed by atoms with Crippen LogP contribution in [0.5, 0.6) is 0 Å². The average Bonchev–Trinajstić information content (AvgIpc) is 2.24. The van der Waals surface area contributed by atoms with Crippen LogP contribution in [0.25, 0.3) is 0 Å². The maximum atomic E-state index is 3.51. The van der Waals surface area contributed by atoms with Crippen LogP contribution in [0.15, 0.2) is 7.57 Å². The van der Waals surface area contributed by atoms with Gasteiger partial charge in [-0.05, 0) is 43.0 Å². The summed E-state index contributed by atoms with van der Waals surface area (Å²) in [5.41, 5.74) is 2.66. The van der Waals surface area contributed by atoms with E-state index in [1.807, 2.05) is 0 Å². The van der Waals surface area contributed by atoms with E-state index >= 15 is 0 Å². The minimum Gasteiger partial charge on any atom is -0.121 e. The van der Waals surface area contributed by atoms with E-state index in [0.29, 0.717) is 0 Å². The van der Waals surface area contributed by atoms with Gasteiger partial charge in [-0.1, -0.05) is 31.9 Å². The van der Waals surface area contributed by atoms with Gasteiger partial charge in [-0.25, -0.2) is 0 Å². The Bertz CT molecular complexity index is 231. The van der Waals surface area contributed by atoms with Gasteiger partial charge in [0.25, 0.3) is 0 Å². The number of alkyl halides is 2. The molecular weight excluding hydrogens is 424 g/mol. The predicted octanol–water partition coefficient (Wildman–Crippen LogP) is 5.06. The Hall–Kier alpha value is 1.62. The maximum absolute atomic E-state index is 3.51. The normalized spacial score (nSPS) is 10.5. The first-order chi connectivity index (χ1) is 5.20. The summed E-state index contributed by atoms with van der Waals surface area (Å²) in [5.74, 6) is 0. The number of hydrogen-bond acceptors (Lipinski definition) is 1. The van der Waals surface area contributed by atoms with Gasteiger partial charge in [0.1, 0.15) is 0 Å². The third-order valence-corrected chi connectivity index (χ3v) is 5.19. The van der Waals surface area contributed by atoms with E-state index < -0.39 is 0 Å². The Labute approximate surface area is 103 Å². The highest BCUT2D eigenvalue weighted by Gasteiger charge is 2.12. The van der Waals surface area contributed by atoms with Crippen molar-refractivity contribution in [3.63, 3.8) is 0 Å². The summed E-state index contributed by atoms with van der Waals surface area (Å²) in [6, 6.07) is 0. The largest absolute Gasteiger partial charge is 0.121 e. The van der Waals surface area contributed by atoms with Crippen LogP contribution in [0.4, 0.5) is 0 Å². The quantitative estimate of drug-likeness (QED) is 0.579. The standard InChI is InChI=1S/C6H4Br4S/c7-1-3-4(2-8)6(10)11-5(3)9/h1-2H2. The fourth-order valence-corrected chi connectivity index (χ4v) is 6.24. The number of thiophene rings is 1. The van der Waals surface area contributed by atoms with Crippen LogP contribution in [-0.4, -0.2) is 0 Å². The molecule has 0 aliphatic rings. The number of rotatable bonds is 2. The number of halogens is 4. The zero-order valence-electron chi connectivity index (χ0n) is 5.33. The van der Waals surface area contributed by atoms with Gasteiger partial charge in [0.05, 0.1) is 7.57 Å². The smallest absolute Gasteiger partial charge is 0.0754 e. The van der Waals surface area contributed by atoms with Gasteiger partial charge in [0.15, 0.2) is 0 Å². The Balaban J connectivity index is 3.17. The summed E-state index contributed by atoms with van der Waals surface area (Å²) < 4.78 is 2.41. The molecule has 0 amide bonds. The molecule has 0 bridgehead atoms. The molecule has 62 valence electrons. The SMILES string of the molecule is BrCc1c(Br)sc(Br)c1CBr. The van der Waals surface area contributed by atoms with E-state index in [2.05, 4.69) is 63.7 Å². The van der Waals surface area contributed by atoms with Crippen molar-refractivity contribution in [3.05, 3.63) is 18.7 Å². The summed E-state index contributed by atoms with van der Waals surface area (Å²) in [4.78, 5) is 0. The highest BCUT2D eigenvalue weighted by Crippen LogP contribution is 2.39. The molecule has 1 rings (SSSR count). The second-order valence-electron chi connectivity index (χ2n) is 1.87. The second kappa shape index (κ2) is 4.74. The second-order valence-corrected chi connectivity index (χ2v) is 6.65. The Morgan fingerprint density at radius 3 is 1.55 bits per heavy atom. The molecule has 0 atom stereocenters. The lowest BCUT2D eigenvalue weighted by Gasteiger charge is -1.95. The molecule has 11 heavy (non-hydrogen) atoms. The third-order valence-electron chi connectivity index (χ3n) is 1.29. The van der Waals surface area contributed by atoms with Crippen molar-refractivity contribution < 1.29 is 0 Å². The van der Waals surface area contributed by atoms with Crippen molar-refractivity contribution in [3.8, 4) is 0 Å². The van der Waals surface area contributed by atoms with E-state index in [1.54, 1.807) is 11.3 Å². The average molecular weight is 428 g/mol. The number of hydrogen-bond donors (Lipinski definition) is 0. The summed E-state index contributed by atoms with van der Waals surface area (Å²) in [5, 5.41) is 1.80. The molecule has 0 fully saturated rings. The van der Waals surface area contributed by atoms with Crippen LogP contribution in [0, 0.1) is 0 Å². The third kappa shape index (κ3) is 2.30. The zero-order valence-corrected chi connectivity index (χ0v) is 12.5. The lowest BCUT2D eigenvalue weighted by Crippen LogP contribution is -1.81. The Kier molecular flexibility index (Phi) is 4.61. The predicted molar refractivity (Wildman–Crippen MR) is 65.0 cm³/mol. The molecule has 0 saturated heterocycles. The maximum Gasteiger partial charge on any atom is 0.0754 e. The summed E-state index contributed by atoms with van der Waals surface area (Å²) in [6.07, 6.45) is 0. The molecule has 0 aliphatic heterocycles. The van der Waals surface area contributed by atoms with E-state index in [9.17, 15) is 0 Å². The van der Waals surface area contributed by atoms with Gasteiger partial charge in [-0.3, -0.25) is 0 Å². The highest BCUT2D eigenvalue weighted by atomic mass is 79.9. The molecule has 0 unspecified atom stereocenters. The van der Waals surface area contributed by atoms with Gasteiger partial charge in [-0.15, -0.1) is 11.3 Å². The molecule has 0 aliphatic carbocycles. The monoisotopic (exact) mass is 424 g/mol. The minimum absolute atomic E-state index is 0.899. The van der Waals surface area contributed by atoms with E-state index in [4.69, 9.17) is 0 Å². The molecule has 1 heterocycles. The summed E-state index contributed by atoms with van der Waals surface area (Å²) >= 11 is 15.6. The molecule has 1 aromatic rings. The van der Waals surface area contributed by atoms with Gasteiger partial charge >= 0.3 is 0 Å². The topological polar surface area (TPSA) is 0 Å². The molecule has 0 N–H and O–H groups in total. The molecule has 1 aromatic heterocycles. The van der Waals surface area contributed by atoms with Crippen LogP contribution in [-0.2, 0) is 10.7 Å². The first-order valence-corrected chi connectivity index (χ1v) is 7.42. The van der Waals surface area contributed by atoms with Crippen molar-refractivity contribution >= 4 is 75.1 Å². The fourth-order valence-electron chi connectivity index (χ4n) is 0.706. The molecular formula is C6H4Br4S. The molecule has 5 heteroatoms. The molecule has 0 nitrogen and oxygen atoms in total. The first kappa shape index (κ1) is 10.7. The van der Waals surface area contributed by atoms with E-state index in [-0.39, 0.29) is 0 Å². The summed E-state index contributed by atoms with van der Waals surface area (Å²) in [6.45, 7) is 0.